The summed E-state index contributed by atoms with van der Waals surface area (Å²) in [4.78, 5) is 10.8. The highest BCUT2D eigenvalue weighted by Gasteiger charge is 2.23. The van der Waals surface area contributed by atoms with E-state index in [1.165, 1.54) is 57.2 Å². The van der Waals surface area contributed by atoms with Gasteiger partial charge in [0.2, 0.25) is 5.95 Å². The minimum atomic E-state index is 0.692. The molecular formula is C42H23N3S2. The van der Waals surface area contributed by atoms with Crippen molar-refractivity contribution in [2.24, 2.45) is 0 Å². The maximum atomic E-state index is 5.41. The molecule has 7 aromatic carbocycles. The van der Waals surface area contributed by atoms with E-state index in [-0.39, 0.29) is 0 Å². The third-order valence-electron chi connectivity index (χ3n) is 9.60. The monoisotopic (exact) mass is 633 g/mol. The summed E-state index contributed by atoms with van der Waals surface area (Å²) < 4.78 is 7.28. The zero-order valence-electron chi connectivity index (χ0n) is 24.9. The molecule has 0 saturated carbocycles. The van der Waals surface area contributed by atoms with Gasteiger partial charge in [-0.25, -0.2) is 9.97 Å². The van der Waals surface area contributed by atoms with Gasteiger partial charge in [0.05, 0.1) is 26.9 Å². The predicted octanol–water partition coefficient (Wildman–Crippen LogP) is 12.3. The lowest BCUT2D eigenvalue weighted by molar-refractivity contribution is 1.02. The van der Waals surface area contributed by atoms with Crippen molar-refractivity contribution in [3.63, 3.8) is 0 Å². The zero-order chi connectivity index (χ0) is 30.6. The fourth-order valence-corrected chi connectivity index (χ4v) is 10.0. The van der Waals surface area contributed by atoms with E-state index in [0.29, 0.717) is 5.95 Å². The molecule has 4 heterocycles. The first-order chi connectivity index (χ1) is 23.3. The first kappa shape index (κ1) is 25.6. The van der Waals surface area contributed by atoms with Crippen LogP contribution in [-0.2, 0) is 0 Å². The normalized spacial score (nSPS) is 12.3. The Bertz CT molecular complexity index is 3070. The zero-order valence-corrected chi connectivity index (χ0v) is 26.6. The molecule has 0 aliphatic heterocycles. The first-order valence-corrected chi connectivity index (χ1v) is 17.4. The van der Waals surface area contributed by atoms with Gasteiger partial charge in [-0.2, -0.15) is 0 Å². The Morgan fingerprint density at radius 1 is 0.404 bits per heavy atom. The SMILES string of the molecule is c1ccc(-c2nc(-n3c4ccccc4c4c5c(ccc43)c3ccccc3c3sc4ccccc4c35)nc3c2sc2ccccc23)cc1. The molecule has 0 fully saturated rings. The quantitative estimate of drug-likeness (QED) is 0.177. The Kier molecular flexibility index (Phi) is 5.14. The summed E-state index contributed by atoms with van der Waals surface area (Å²) in [6.45, 7) is 0. The topological polar surface area (TPSA) is 30.7 Å². The number of benzene rings is 7. The van der Waals surface area contributed by atoms with Gasteiger partial charge in [-0.3, -0.25) is 4.57 Å². The van der Waals surface area contributed by atoms with Crippen LogP contribution in [0.3, 0.4) is 0 Å². The number of rotatable bonds is 2. The third-order valence-corrected chi connectivity index (χ3v) is 12.0. The summed E-state index contributed by atoms with van der Waals surface area (Å²) in [7, 11) is 0. The van der Waals surface area contributed by atoms with Crippen LogP contribution in [0.25, 0.3) is 101 Å². The van der Waals surface area contributed by atoms with Crippen LogP contribution in [0.5, 0.6) is 0 Å². The van der Waals surface area contributed by atoms with Crippen LogP contribution in [0.1, 0.15) is 0 Å². The molecule has 4 aromatic heterocycles. The Hall–Kier alpha value is -5.62. The minimum absolute atomic E-state index is 0.692. The highest BCUT2D eigenvalue weighted by Crippen LogP contribution is 2.48. The second-order valence-corrected chi connectivity index (χ2v) is 14.2. The van der Waals surface area contributed by atoms with E-state index >= 15 is 0 Å². The maximum absolute atomic E-state index is 5.41. The van der Waals surface area contributed by atoms with Gasteiger partial charge in [0.25, 0.3) is 0 Å². The van der Waals surface area contributed by atoms with Crippen LogP contribution >= 0.6 is 22.7 Å². The highest BCUT2D eigenvalue weighted by molar-refractivity contribution is 7.27. The molecule has 11 aromatic rings. The summed E-state index contributed by atoms with van der Waals surface area (Å²) in [5.41, 5.74) is 5.28. The second-order valence-electron chi connectivity index (χ2n) is 12.1. The number of nitrogens with zero attached hydrogens (tertiary/aromatic N) is 3. The first-order valence-electron chi connectivity index (χ1n) is 15.8. The van der Waals surface area contributed by atoms with E-state index in [9.17, 15) is 0 Å². The van der Waals surface area contributed by atoms with Crippen LogP contribution in [0, 0.1) is 0 Å². The molecule has 0 bridgehead atoms. The maximum Gasteiger partial charge on any atom is 0.235 e. The summed E-state index contributed by atoms with van der Waals surface area (Å²) in [6.07, 6.45) is 0. The standard InChI is InChI=1S/C42H23N3S2/c1-2-12-24(13-3-1)38-41-39(30-18-8-11-21-34(30)47-41)44-42(43-38)45-31-19-9-6-16-28(31)35-32(45)23-22-26-25-14-4-5-15-27(25)40-37(36(26)35)29-17-7-10-20-33(29)46-40/h1-23H. The molecule has 0 atom stereocenters. The van der Waals surface area contributed by atoms with Gasteiger partial charge in [0.15, 0.2) is 0 Å². The summed E-state index contributed by atoms with van der Waals surface area (Å²) in [6, 6.07) is 50.2. The van der Waals surface area contributed by atoms with E-state index in [1.54, 1.807) is 11.3 Å². The average molecular weight is 634 g/mol. The summed E-state index contributed by atoms with van der Waals surface area (Å²) in [5.74, 6) is 0.692. The molecule has 0 spiro atoms. The lowest BCUT2D eigenvalue weighted by Gasteiger charge is -2.11. The number of thiophene rings is 2. The molecule has 0 amide bonds. The number of para-hydroxylation sites is 1. The largest absolute Gasteiger partial charge is 0.278 e. The predicted molar refractivity (Wildman–Crippen MR) is 203 cm³/mol. The van der Waals surface area contributed by atoms with Crippen LogP contribution in [0.15, 0.2) is 140 Å². The van der Waals surface area contributed by atoms with Crippen molar-refractivity contribution in [1.82, 2.24) is 14.5 Å². The second kappa shape index (κ2) is 9.46. The molecule has 47 heavy (non-hydrogen) atoms. The third kappa shape index (κ3) is 3.45. The Labute approximate surface area is 276 Å². The van der Waals surface area contributed by atoms with Gasteiger partial charge < -0.3 is 0 Å². The summed E-state index contributed by atoms with van der Waals surface area (Å²) in [5, 5.41) is 11.4. The van der Waals surface area contributed by atoms with Crippen molar-refractivity contribution in [2.75, 3.05) is 0 Å². The Morgan fingerprint density at radius 2 is 1.04 bits per heavy atom. The molecule has 218 valence electrons. The van der Waals surface area contributed by atoms with Gasteiger partial charge in [-0.1, -0.05) is 115 Å². The molecule has 5 heteroatoms. The molecule has 0 unspecified atom stereocenters. The Morgan fingerprint density at radius 3 is 1.87 bits per heavy atom. The van der Waals surface area contributed by atoms with Crippen LogP contribution in [0.2, 0.25) is 0 Å². The fraction of sp³-hybridized carbons (Fsp3) is 0. The summed E-state index contributed by atoms with van der Waals surface area (Å²) >= 11 is 3.67. The number of aromatic nitrogens is 3. The van der Waals surface area contributed by atoms with Gasteiger partial charge in [-0.15, -0.1) is 22.7 Å². The van der Waals surface area contributed by atoms with E-state index < -0.39 is 0 Å². The van der Waals surface area contributed by atoms with Crippen molar-refractivity contribution in [2.45, 2.75) is 0 Å². The lowest BCUT2D eigenvalue weighted by atomic mass is 9.94. The lowest BCUT2D eigenvalue weighted by Crippen LogP contribution is -2.02. The average Bonchev–Trinajstić information content (AvgIpc) is 3.81. The van der Waals surface area contributed by atoms with Gasteiger partial charge in [-0.05, 0) is 35.0 Å². The molecule has 11 rings (SSSR count). The molecule has 3 nitrogen and oxygen atoms in total. The fourth-order valence-electron chi connectivity index (χ4n) is 7.63. The Balaban J connectivity index is 1.36. The van der Waals surface area contributed by atoms with Crippen LogP contribution < -0.4 is 0 Å². The van der Waals surface area contributed by atoms with Crippen molar-refractivity contribution >= 4 is 106 Å². The van der Waals surface area contributed by atoms with E-state index in [4.69, 9.17) is 9.97 Å². The minimum Gasteiger partial charge on any atom is -0.278 e. The van der Waals surface area contributed by atoms with E-state index in [2.05, 4.69) is 144 Å². The smallest absolute Gasteiger partial charge is 0.235 e. The molecule has 0 N–H and O–H groups in total. The molecule has 0 saturated heterocycles. The van der Waals surface area contributed by atoms with Crippen LogP contribution in [-0.4, -0.2) is 14.5 Å². The highest BCUT2D eigenvalue weighted by atomic mass is 32.1. The van der Waals surface area contributed by atoms with Crippen molar-refractivity contribution < 1.29 is 0 Å². The van der Waals surface area contributed by atoms with E-state index in [0.717, 1.165) is 37.9 Å². The number of fused-ring (bicyclic) bond motifs is 15. The molecule has 0 radical (unpaired) electrons. The van der Waals surface area contributed by atoms with Crippen molar-refractivity contribution in [3.05, 3.63) is 140 Å². The number of hydrogen-bond acceptors (Lipinski definition) is 4. The molecule has 0 aliphatic carbocycles. The van der Waals surface area contributed by atoms with Crippen molar-refractivity contribution in [1.29, 1.82) is 0 Å². The molecule has 0 aliphatic rings. The van der Waals surface area contributed by atoms with Gasteiger partial charge in [0, 0.05) is 57.4 Å². The molecular weight excluding hydrogens is 611 g/mol. The van der Waals surface area contributed by atoms with Crippen molar-refractivity contribution in [3.8, 4) is 17.2 Å². The van der Waals surface area contributed by atoms with Gasteiger partial charge >= 0.3 is 0 Å². The van der Waals surface area contributed by atoms with E-state index in [1.807, 2.05) is 11.3 Å². The van der Waals surface area contributed by atoms with Crippen LogP contribution in [0.4, 0.5) is 0 Å². The number of hydrogen-bond donors (Lipinski definition) is 0. The van der Waals surface area contributed by atoms with Gasteiger partial charge in [0.1, 0.15) is 0 Å².